The van der Waals surface area contributed by atoms with E-state index in [1.54, 1.807) is 6.07 Å². The molecule has 1 saturated carbocycles. The number of carboxylic acids is 1. The lowest BCUT2D eigenvalue weighted by Crippen LogP contribution is -2.38. The minimum absolute atomic E-state index is 0.0141. The molecule has 2 aliphatic rings. The molecule has 0 spiro atoms. The molecule has 2 unspecified atom stereocenters. The van der Waals surface area contributed by atoms with Gasteiger partial charge in [0.15, 0.2) is 5.43 Å². The summed E-state index contributed by atoms with van der Waals surface area (Å²) in [5, 5.41) is 9.80. The highest BCUT2D eigenvalue weighted by molar-refractivity contribution is 6.31. The third-order valence-electron chi connectivity index (χ3n) is 4.66. The Bertz CT molecular complexity index is 902. The van der Waals surface area contributed by atoms with E-state index in [9.17, 15) is 14.7 Å². The van der Waals surface area contributed by atoms with Crippen molar-refractivity contribution < 1.29 is 14.6 Å². The van der Waals surface area contributed by atoms with Crippen LogP contribution in [0.15, 0.2) is 29.2 Å². The maximum Gasteiger partial charge on any atom is 0.341 e. The highest BCUT2D eigenvalue weighted by Crippen LogP contribution is 2.45. The monoisotopic (exact) mass is 331 g/mol. The molecule has 1 N–H and O–H groups in total. The Hall–Kier alpha value is -2.27. The fraction of sp³-hybridized carbons (Fsp3) is 0.294. The molecular formula is C17H14ClNO4. The topological polar surface area (TPSA) is 68.5 Å². The van der Waals surface area contributed by atoms with Crippen LogP contribution in [-0.2, 0) is 0 Å². The van der Waals surface area contributed by atoms with Crippen molar-refractivity contribution in [1.82, 2.24) is 4.57 Å². The average Bonchev–Trinajstić information content (AvgIpc) is 2.54. The molecule has 0 radical (unpaired) electrons. The second-order valence-electron chi connectivity index (χ2n) is 6.05. The van der Waals surface area contributed by atoms with Crippen molar-refractivity contribution in [2.45, 2.75) is 31.9 Å². The first-order valence-electron chi connectivity index (χ1n) is 7.42. The van der Waals surface area contributed by atoms with E-state index in [0.29, 0.717) is 16.5 Å². The predicted molar refractivity (Wildman–Crippen MR) is 85.5 cm³/mol. The lowest BCUT2D eigenvalue weighted by atomic mass is 9.88. The molecule has 1 aromatic heterocycles. The molecule has 5 nitrogen and oxygen atoms in total. The van der Waals surface area contributed by atoms with Gasteiger partial charge in [0.1, 0.15) is 17.4 Å². The van der Waals surface area contributed by atoms with Crippen LogP contribution in [0.4, 0.5) is 0 Å². The number of aromatic nitrogens is 1. The molecule has 0 saturated heterocycles. The number of rotatable bonds is 1. The van der Waals surface area contributed by atoms with Gasteiger partial charge in [-0.25, -0.2) is 4.79 Å². The van der Waals surface area contributed by atoms with Gasteiger partial charge in [0.05, 0.1) is 11.7 Å². The van der Waals surface area contributed by atoms with E-state index in [2.05, 4.69) is 0 Å². The predicted octanol–water partition coefficient (Wildman–Crippen LogP) is 3.27. The van der Waals surface area contributed by atoms with Crippen molar-refractivity contribution >= 4 is 17.6 Å². The number of benzene rings is 1. The Labute approximate surface area is 137 Å². The zero-order valence-corrected chi connectivity index (χ0v) is 13.1. The number of hydrogen-bond acceptors (Lipinski definition) is 3. The second-order valence-corrected chi connectivity index (χ2v) is 6.45. The Morgan fingerprint density at radius 2 is 2.13 bits per heavy atom. The Balaban J connectivity index is 2.03. The first-order chi connectivity index (χ1) is 11.0. The summed E-state index contributed by atoms with van der Waals surface area (Å²) in [6.45, 7) is 1.90. The van der Waals surface area contributed by atoms with Crippen LogP contribution < -0.4 is 10.2 Å². The number of ether oxygens (including phenoxy) is 1. The number of hydrogen-bond donors (Lipinski definition) is 1. The first-order valence-corrected chi connectivity index (χ1v) is 7.80. The van der Waals surface area contributed by atoms with Gasteiger partial charge in [-0.2, -0.15) is 0 Å². The Morgan fingerprint density at radius 3 is 2.78 bits per heavy atom. The second kappa shape index (κ2) is 4.86. The standard InChI is InChI=1S/C17H14ClNO4/c1-8-4-16-9(5-11(8)18)13-6-14(20)10(17(21)22)7-19(13)12-2-3-15(12)23-16/h4-7,12,15H,2-3H2,1H3,(H,21,22). The minimum Gasteiger partial charge on any atom is -0.488 e. The van der Waals surface area contributed by atoms with Crippen LogP contribution >= 0.6 is 11.6 Å². The van der Waals surface area contributed by atoms with Crippen molar-refractivity contribution in [3.8, 4) is 17.0 Å². The molecule has 1 aromatic carbocycles. The summed E-state index contributed by atoms with van der Waals surface area (Å²) in [7, 11) is 0. The SMILES string of the molecule is Cc1cc2c(cc1Cl)-c1cc(=O)c(C(=O)O)cn1C1CCC1O2. The van der Waals surface area contributed by atoms with Gasteiger partial charge in [-0.1, -0.05) is 11.6 Å². The van der Waals surface area contributed by atoms with Gasteiger partial charge in [-0.05, 0) is 37.5 Å². The summed E-state index contributed by atoms with van der Waals surface area (Å²) in [5.41, 5.74) is 1.55. The molecule has 1 aliphatic heterocycles. The molecule has 4 rings (SSSR count). The van der Waals surface area contributed by atoms with Crippen LogP contribution in [0, 0.1) is 6.92 Å². The highest BCUT2D eigenvalue weighted by Gasteiger charge is 2.38. The quantitative estimate of drug-likeness (QED) is 0.870. The van der Waals surface area contributed by atoms with E-state index >= 15 is 0 Å². The summed E-state index contributed by atoms with van der Waals surface area (Å²) in [6, 6.07) is 5.06. The van der Waals surface area contributed by atoms with Gasteiger partial charge in [0.2, 0.25) is 0 Å². The van der Waals surface area contributed by atoms with Crippen LogP contribution in [0.3, 0.4) is 0 Å². The van der Waals surface area contributed by atoms with Gasteiger partial charge in [0.25, 0.3) is 0 Å². The van der Waals surface area contributed by atoms with E-state index in [0.717, 1.165) is 24.0 Å². The van der Waals surface area contributed by atoms with Crippen molar-refractivity contribution in [2.75, 3.05) is 0 Å². The number of carbonyl (C=O) groups is 1. The number of aryl methyl sites for hydroxylation is 1. The molecule has 1 aliphatic carbocycles. The number of halogens is 1. The van der Waals surface area contributed by atoms with Crippen LogP contribution in [0.2, 0.25) is 5.02 Å². The maximum atomic E-state index is 12.1. The minimum atomic E-state index is -1.21. The number of nitrogens with zero attached hydrogens (tertiary/aromatic N) is 1. The van der Waals surface area contributed by atoms with Crippen LogP contribution in [-0.4, -0.2) is 21.7 Å². The van der Waals surface area contributed by atoms with Crippen molar-refractivity contribution in [1.29, 1.82) is 0 Å². The number of pyridine rings is 1. The number of aromatic carboxylic acids is 1. The first kappa shape index (κ1) is 14.3. The highest BCUT2D eigenvalue weighted by atomic mass is 35.5. The molecule has 1 fully saturated rings. The summed E-state index contributed by atoms with van der Waals surface area (Å²) in [5.74, 6) is -0.524. The van der Waals surface area contributed by atoms with E-state index in [1.807, 2.05) is 17.6 Å². The van der Waals surface area contributed by atoms with E-state index in [1.165, 1.54) is 12.3 Å². The number of carboxylic acid groups (broad SMARTS) is 1. The zero-order valence-electron chi connectivity index (χ0n) is 12.4. The molecule has 2 heterocycles. The summed E-state index contributed by atoms with van der Waals surface area (Å²) >= 11 is 6.24. The van der Waals surface area contributed by atoms with Crippen molar-refractivity contribution in [3.05, 3.63) is 50.8 Å². The van der Waals surface area contributed by atoms with E-state index in [4.69, 9.17) is 16.3 Å². The van der Waals surface area contributed by atoms with Crippen LogP contribution in [0.5, 0.6) is 5.75 Å². The van der Waals surface area contributed by atoms with E-state index in [-0.39, 0.29) is 17.7 Å². The Morgan fingerprint density at radius 1 is 1.35 bits per heavy atom. The molecule has 23 heavy (non-hydrogen) atoms. The molecule has 118 valence electrons. The molecule has 2 aromatic rings. The van der Waals surface area contributed by atoms with Crippen LogP contribution in [0.1, 0.15) is 34.8 Å². The van der Waals surface area contributed by atoms with Crippen molar-refractivity contribution in [3.63, 3.8) is 0 Å². The molecular weight excluding hydrogens is 318 g/mol. The fourth-order valence-electron chi connectivity index (χ4n) is 3.22. The molecule has 2 atom stereocenters. The smallest absolute Gasteiger partial charge is 0.341 e. The van der Waals surface area contributed by atoms with Crippen molar-refractivity contribution in [2.24, 2.45) is 0 Å². The van der Waals surface area contributed by atoms with Gasteiger partial charge in [-0.15, -0.1) is 0 Å². The largest absolute Gasteiger partial charge is 0.488 e. The van der Waals surface area contributed by atoms with Gasteiger partial charge >= 0.3 is 5.97 Å². The van der Waals surface area contributed by atoms with Gasteiger partial charge in [-0.3, -0.25) is 4.79 Å². The zero-order chi connectivity index (χ0) is 16.3. The third-order valence-corrected chi connectivity index (χ3v) is 5.07. The molecule has 0 bridgehead atoms. The van der Waals surface area contributed by atoms with Gasteiger partial charge < -0.3 is 14.4 Å². The summed E-state index contributed by atoms with van der Waals surface area (Å²) in [4.78, 5) is 23.4. The molecule has 0 amide bonds. The lowest BCUT2D eigenvalue weighted by molar-refractivity contribution is 0.0581. The number of fused-ring (bicyclic) bond motifs is 5. The summed E-state index contributed by atoms with van der Waals surface area (Å²) in [6.07, 6.45) is 3.21. The van der Waals surface area contributed by atoms with E-state index < -0.39 is 11.4 Å². The van der Waals surface area contributed by atoms with Gasteiger partial charge in [0, 0.05) is 22.8 Å². The summed E-state index contributed by atoms with van der Waals surface area (Å²) < 4.78 is 7.94. The Kier molecular flexibility index (Phi) is 3.03. The maximum absolute atomic E-state index is 12.1. The lowest BCUT2D eigenvalue weighted by Gasteiger charge is -2.37. The average molecular weight is 332 g/mol. The molecule has 6 heteroatoms. The third kappa shape index (κ3) is 2.07. The normalized spacial score (nSPS) is 21.1. The van der Waals surface area contributed by atoms with Crippen LogP contribution in [0.25, 0.3) is 11.3 Å². The fourth-order valence-corrected chi connectivity index (χ4v) is 3.39.